The molecule has 2 aliphatic rings. The molecule has 2 aromatic rings. The van der Waals surface area contributed by atoms with E-state index in [-0.39, 0.29) is 18.0 Å². The maximum atomic E-state index is 13.1. The summed E-state index contributed by atoms with van der Waals surface area (Å²) in [6, 6.07) is 15.2. The first-order chi connectivity index (χ1) is 16.3. The van der Waals surface area contributed by atoms with Crippen LogP contribution in [0, 0.1) is 10.1 Å². The minimum atomic E-state index is -1.54. The average Bonchev–Trinajstić information content (AvgIpc) is 3.15. The van der Waals surface area contributed by atoms with E-state index >= 15 is 0 Å². The number of β-lactam (4-membered cyclic amide) rings is 1. The molecular weight excluding hydrogens is 442 g/mol. The van der Waals surface area contributed by atoms with Crippen LogP contribution in [0.2, 0.25) is 0 Å². The number of fused-ring (bicyclic) bond motifs is 1. The number of allylic oxidation sites excluding steroid dienone is 1. The third-order valence-corrected chi connectivity index (χ3v) is 5.57. The second-order valence-corrected chi connectivity index (χ2v) is 8.06. The molecule has 1 saturated heterocycles. The van der Waals surface area contributed by atoms with Gasteiger partial charge in [0.15, 0.2) is 5.90 Å². The molecule has 0 aromatic heterocycles. The molecule has 0 aliphatic carbocycles. The Balaban J connectivity index is 1.48. The van der Waals surface area contributed by atoms with Gasteiger partial charge in [-0.2, -0.15) is 0 Å². The summed E-state index contributed by atoms with van der Waals surface area (Å²) in [6.07, 6.45) is -0.557. The van der Waals surface area contributed by atoms with E-state index in [0.29, 0.717) is 23.5 Å². The minimum absolute atomic E-state index is 0.0424. The number of benzene rings is 2. The molecule has 34 heavy (non-hydrogen) atoms. The fourth-order valence-electron chi connectivity index (χ4n) is 3.85. The standard InChI is InChI=1S/C24H23N3O7/c1-15(2)20(21(28)33-14-17-9-11-18(12-10-17)27(30)31)26-22(29)24(32-3)23(26)34-19(25-24)13-16-7-5-4-6-8-16/h4-12,23H,13-14H2,1-3H3/t23-,24-/m1/s1. The van der Waals surface area contributed by atoms with Crippen LogP contribution in [0.1, 0.15) is 25.0 Å². The first-order valence-electron chi connectivity index (χ1n) is 10.5. The van der Waals surface area contributed by atoms with Crippen LogP contribution in [0.3, 0.4) is 0 Å². The molecule has 2 aromatic carbocycles. The van der Waals surface area contributed by atoms with Crippen molar-refractivity contribution in [1.29, 1.82) is 0 Å². The van der Waals surface area contributed by atoms with Crippen molar-refractivity contribution < 1.29 is 28.7 Å². The maximum Gasteiger partial charge on any atom is 0.355 e. The van der Waals surface area contributed by atoms with E-state index in [0.717, 1.165) is 5.56 Å². The molecule has 0 unspecified atom stereocenters. The molecule has 4 rings (SSSR count). The number of methoxy groups -OCH3 is 1. The van der Waals surface area contributed by atoms with Crippen molar-refractivity contribution in [2.75, 3.05) is 7.11 Å². The number of carbonyl (C=O) groups excluding carboxylic acids is 2. The van der Waals surface area contributed by atoms with E-state index in [1.165, 1.54) is 36.3 Å². The normalized spacial score (nSPS) is 20.6. The summed E-state index contributed by atoms with van der Waals surface area (Å²) >= 11 is 0. The van der Waals surface area contributed by atoms with Crippen molar-refractivity contribution in [1.82, 2.24) is 4.90 Å². The number of hydrogen-bond acceptors (Lipinski definition) is 8. The van der Waals surface area contributed by atoms with Crippen LogP contribution in [0.5, 0.6) is 0 Å². The molecule has 1 amide bonds. The van der Waals surface area contributed by atoms with Crippen molar-refractivity contribution in [3.63, 3.8) is 0 Å². The SMILES string of the molecule is CO[C@@]12N=C(Cc3ccccc3)O[C@H]1N(C(C(=O)OCc1ccc([N+](=O)[O-])cc1)=C(C)C)C2=O. The molecule has 0 saturated carbocycles. The Hall–Kier alpha value is -4.05. The van der Waals surface area contributed by atoms with Gasteiger partial charge < -0.3 is 14.2 Å². The van der Waals surface area contributed by atoms with Crippen LogP contribution >= 0.6 is 0 Å². The number of nitro benzene ring substituents is 1. The highest BCUT2D eigenvalue weighted by molar-refractivity contribution is 6.04. The Labute approximate surface area is 195 Å². The van der Waals surface area contributed by atoms with Crippen LogP contribution in [0.15, 0.2) is 70.9 Å². The highest BCUT2D eigenvalue weighted by Gasteiger charge is 2.69. The lowest BCUT2D eigenvalue weighted by atomic mass is 9.98. The van der Waals surface area contributed by atoms with Crippen molar-refractivity contribution in [3.8, 4) is 0 Å². The van der Waals surface area contributed by atoms with Gasteiger partial charge in [0.05, 0.1) is 4.92 Å². The molecule has 0 spiro atoms. The van der Waals surface area contributed by atoms with E-state index in [9.17, 15) is 19.7 Å². The molecule has 2 heterocycles. The van der Waals surface area contributed by atoms with Crippen LogP contribution in [0.25, 0.3) is 0 Å². The zero-order valence-corrected chi connectivity index (χ0v) is 18.9. The molecule has 10 nitrogen and oxygen atoms in total. The second-order valence-electron chi connectivity index (χ2n) is 8.06. The smallest absolute Gasteiger partial charge is 0.355 e. The number of aliphatic imine (C=N–C) groups is 1. The fourth-order valence-corrected chi connectivity index (χ4v) is 3.85. The molecule has 2 atom stereocenters. The van der Waals surface area contributed by atoms with Crippen LogP contribution in [-0.2, 0) is 36.8 Å². The number of esters is 1. The molecule has 0 radical (unpaired) electrons. The van der Waals surface area contributed by atoms with Gasteiger partial charge in [0.2, 0.25) is 6.23 Å². The van der Waals surface area contributed by atoms with Gasteiger partial charge in [-0.05, 0) is 42.7 Å². The van der Waals surface area contributed by atoms with E-state index < -0.39 is 28.8 Å². The Bertz CT molecular complexity index is 1190. The third-order valence-electron chi connectivity index (χ3n) is 5.57. The van der Waals surface area contributed by atoms with Gasteiger partial charge in [-0.1, -0.05) is 30.3 Å². The summed E-state index contributed by atoms with van der Waals surface area (Å²) in [6.45, 7) is 3.25. The van der Waals surface area contributed by atoms with Crippen molar-refractivity contribution in [2.24, 2.45) is 4.99 Å². The summed E-state index contributed by atoms with van der Waals surface area (Å²) in [5.74, 6) is -0.913. The van der Waals surface area contributed by atoms with Gasteiger partial charge in [0.1, 0.15) is 12.3 Å². The number of non-ortho nitro benzene ring substituents is 1. The molecule has 1 fully saturated rings. The van der Waals surface area contributed by atoms with Gasteiger partial charge in [-0.3, -0.25) is 19.8 Å². The topological polar surface area (TPSA) is 121 Å². The number of carbonyl (C=O) groups is 2. The monoisotopic (exact) mass is 465 g/mol. The number of likely N-dealkylation sites (tertiary alicyclic amines) is 1. The van der Waals surface area contributed by atoms with E-state index in [4.69, 9.17) is 14.2 Å². The summed E-state index contributed by atoms with van der Waals surface area (Å²) in [7, 11) is 1.37. The molecule has 2 aliphatic heterocycles. The number of amides is 1. The van der Waals surface area contributed by atoms with E-state index in [1.807, 2.05) is 30.3 Å². The van der Waals surface area contributed by atoms with Gasteiger partial charge >= 0.3 is 5.97 Å². The average molecular weight is 465 g/mol. The van der Waals surface area contributed by atoms with Crippen LogP contribution in [-0.4, -0.2) is 46.7 Å². The minimum Gasteiger partial charge on any atom is -0.456 e. The summed E-state index contributed by atoms with van der Waals surface area (Å²) < 4.78 is 16.8. The van der Waals surface area contributed by atoms with Crippen LogP contribution < -0.4 is 0 Å². The Morgan fingerprint density at radius 3 is 2.41 bits per heavy atom. The third kappa shape index (κ3) is 4.03. The molecule has 0 bridgehead atoms. The molecule has 0 N–H and O–H groups in total. The lowest BCUT2D eigenvalue weighted by Crippen LogP contribution is -2.72. The van der Waals surface area contributed by atoms with E-state index in [1.54, 1.807) is 13.8 Å². The van der Waals surface area contributed by atoms with Gasteiger partial charge in [0.25, 0.3) is 17.3 Å². The predicted molar refractivity (Wildman–Crippen MR) is 120 cm³/mol. The zero-order valence-electron chi connectivity index (χ0n) is 18.9. The predicted octanol–water partition coefficient (Wildman–Crippen LogP) is 3.11. The number of rotatable bonds is 8. The highest BCUT2D eigenvalue weighted by Crippen LogP contribution is 2.44. The quantitative estimate of drug-likeness (QED) is 0.193. The largest absolute Gasteiger partial charge is 0.456 e. The first-order valence-corrected chi connectivity index (χ1v) is 10.5. The number of nitrogens with zero attached hydrogens (tertiary/aromatic N) is 3. The van der Waals surface area contributed by atoms with Crippen molar-refractivity contribution in [3.05, 3.63) is 87.1 Å². The Morgan fingerprint density at radius 1 is 1.15 bits per heavy atom. The van der Waals surface area contributed by atoms with E-state index in [2.05, 4.69) is 4.99 Å². The highest BCUT2D eigenvalue weighted by atomic mass is 16.6. The van der Waals surface area contributed by atoms with Crippen LogP contribution in [0.4, 0.5) is 5.69 Å². The fraction of sp³-hybridized carbons (Fsp3) is 0.292. The summed E-state index contributed by atoms with van der Waals surface area (Å²) in [5, 5.41) is 10.8. The zero-order chi connectivity index (χ0) is 24.5. The van der Waals surface area contributed by atoms with Crippen molar-refractivity contribution >= 4 is 23.5 Å². The van der Waals surface area contributed by atoms with Gasteiger partial charge in [0, 0.05) is 25.7 Å². The lowest BCUT2D eigenvalue weighted by Gasteiger charge is -2.47. The molecule has 176 valence electrons. The lowest BCUT2D eigenvalue weighted by molar-refractivity contribution is -0.384. The van der Waals surface area contributed by atoms with Crippen molar-refractivity contribution in [2.45, 2.75) is 38.8 Å². The maximum absolute atomic E-state index is 13.1. The first kappa shape index (κ1) is 23.1. The molecular formula is C24H23N3O7. The van der Waals surface area contributed by atoms with Gasteiger partial charge in [-0.25, -0.2) is 9.79 Å². The van der Waals surface area contributed by atoms with Gasteiger partial charge in [-0.15, -0.1) is 0 Å². The number of nitro groups is 1. The Morgan fingerprint density at radius 2 is 1.82 bits per heavy atom. The summed E-state index contributed by atoms with van der Waals surface area (Å²) in [4.78, 5) is 42.0. The summed E-state index contributed by atoms with van der Waals surface area (Å²) in [5.41, 5.74) is 0.514. The Kier molecular flexibility index (Phi) is 6.16. The molecule has 10 heteroatoms. The number of hydrogen-bond donors (Lipinski definition) is 0. The second kappa shape index (κ2) is 9.06. The number of ether oxygens (including phenoxy) is 3.